The molecule has 0 saturated carbocycles. The zero-order valence-corrected chi connectivity index (χ0v) is 7.45. The number of aliphatic imine (C=N–C) groups is 1. The maximum absolute atomic E-state index is 11.0. The third kappa shape index (κ3) is 1.91. The Balaban J connectivity index is 1.75. The average molecular weight is 183 g/mol. The molecule has 0 aliphatic carbocycles. The number of hydrogen-bond acceptors (Lipinski definition) is 4. The predicted molar refractivity (Wildman–Crippen MR) is 47.8 cm³/mol. The molecule has 5 nitrogen and oxygen atoms in total. The van der Waals surface area contributed by atoms with Crippen molar-refractivity contribution in [3.05, 3.63) is 0 Å². The summed E-state index contributed by atoms with van der Waals surface area (Å²) in [6.07, 6.45) is 0.619. The molecule has 1 saturated heterocycles. The highest BCUT2D eigenvalue weighted by Crippen LogP contribution is 2.04. The number of rotatable bonds is 3. The SMILES string of the molecule is O=C1OCCN1CCC1=NCCN1. The largest absolute Gasteiger partial charge is 0.448 e. The summed E-state index contributed by atoms with van der Waals surface area (Å²) in [7, 11) is 0. The number of amides is 1. The fourth-order valence-corrected chi connectivity index (χ4v) is 1.48. The van der Waals surface area contributed by atoms with Gasteiger partial charge < -0.3 is 15.0 Å². The molecule has 72 valence electrons. The Labute approximate surface area is 76.8 Å². The minimum absolute atomic E-state index is 0.196. The van der Waals surface area contributed by atoms with E-state index in [1.165, 1.54) is 0 Å². The third-order valence-corrected chi connectivity index (χ3v) is 2.21. The number of ether oxygens (including phenoxy) is 1. The highest BCUT2D eigenvalue weighted by Gasteiger charge is 2.21. The van der Waals surface area contributed by atoms with E-state index in [-0.39, 0.29) is 6.09 Å². The van der Waals surface area contributed by atoms with Crippen LogP contribution in [-0.4, -0.2) is 49.6 Å². The van der Waals surface area contributed by atoms with E-state index in [1.54, 1.807) is 4.90 Å². The van der Waals surface area contributed by atoms with Gasteiger partial charge in [-0.1, -0.05) is 0 Å². The highest BCUT2D eigenvalue weighted by atomic mass is 16.6. The summed E-state index contributed by atoms with van der Waals surface area (Å²) in [4.78, 5) is 17.0. The van der Waals surface area contributed by atoms with Crippen LogP contribution in [-0.2, 0) is 4.74 Å². The first-order valence-electron chi connectivity index (χ1n) is 4.55. The van der Waals surface area contributed by atoms with E-state index in [0.717, 1.165) is 25.3 Å². The lowest BCUT2D eigenvalue weighted by molar-refractivity contribution is 0.159. The first kappa shape index (κ1) is 8.34. The van der Waals surface area contributed by atoms with E-state index in [9.17, 15) is 4.79 Å². The number of amidine groups is 1. The summed E-state index contributed by atoms with van der Waals surface area (Å²) in [5, 5.41) is 3.17. The van der Waals surface area contributed by atoms with Crippen molar-refractivity contribution in [2.75, 3.05) is 32.8 Å². The molecule has 0 unspecified atom stereocenters. The molecule has 2 aliphatic heterocycles. The van der Waals surface area contributed by atoms with Gasteiger partial charge in [-0.2, -0.15) is 0 Å². The molecule has 2 heterocycles. The number of nitrogens with zero attached hydrogens (tertiary/aromatic N) is 2. The van der Waals surface area contributed by atoms with Crippen LogP contribution in [0, 0.1) is 0 Å². The molecule has 2 aliphatic rings. The number of nitrogens with one attached hydrogen (secondary N) is 1. The maximum atomic E-state index is 11.0. The van der Waals surface area contributed by atoms with Gasteiger partial charge in [-0.05, 0) is 0 Å². The van der Waals surface area contributed by atoms with Gasteiger partial charge in [0, 0.05) is 19.5 Å². The lowest BCUT2D eigenvalue weighted by atomic mass is 10.3. The molecule has 1 amide bonds. The molecule has 13 heavy (non-hydrogen) atoms. The molecular formula is C8H13N3O2. The van der Waals surface area contributed by atoms with Crippen molar-refractivity contribution >= 4 is 11.9 Å². The summed E-state index contributed by atoms with van der Waals surface area (Å²) in [5.74, 6) is 1.01. The molecule has 1 fully saturated rings. The second-order valence-corrected chi connectivity index (χ2v) is 3.11. The molecule has 2 rings (SSSR count). The maximum Gasteiger partial charge on any atom is 0.409 e. The van der Waals surface area contributed by atoms with Gasteiger partial charge in [0.25, 0.3) is 0 Å². The molecule has 0 radical (unpaired) electrons. The first-order valence-corrected chi connectivity index (χ1v) is 4.55. The fraction of sp³-hybridized carbons (Fsp3) is 0.750. The Bertz CT molecular complexity index is 240. The van der Waals surface area contributed by atoms with Crippen molar-refractivity contribution < 1.29 is 9.53 Å². The molecular weight excluding hydrogens is 170 g/mol. The summed E-state index contributed by atoms with van der Waals surface area (Å²) in [6, 6.07) is 0. The molecule has 5 heteroatoms. The lowest BCUT2D eigenvalue weighted by Gasteiger charge is -2.11. The van der Waals surface area contributed by atoms with Gasteiger partial charge in [0.1, 0.15) is 6.61 Å². The van der Waals surface area contributed by atoms with Crippen LogP contribution in [0.3, 0.4) is 0 Å². The van der Waals surface area contributed by atoms with E-state index >= 15 is 0 Å². The Morgan fingerprint density at radius 2 is 2.54 bits per heavy atom. The summed E-state index contributed by atoms with van der Waals surface area (Å²) >= 11 is 0. The number of carbonyl (C=O) groups excluding carboxylic acids is 1. The van der Waals surface area contributed by atoms with Gasteiger partial charge >= 0.3 is 6.09 Å². The second kappa shape index (κ2) is 3.64. The van der Waals surface area contributed by atoms with E-state index in [0.29, 0.717) is 19.7 Å². The van der Waals surface area contributed by atoms with Crippen molar-refractivity contribution in [1.82, 2.24) is 10.2 Å². The topological polar surface area (TPSA) is 53.9 Å². The minimum Gasteiger partial charge on any atom is -0.448 e. The molecule has 1 N–H and O–H groups in total. The van der Waals surface area contributed by atoms with Crippen LogP contribution in [0.2, 0.25) is 0 Å². The monoisotopic (exact) mass is 183 g/mol. The molecule has 0 atom stereocenters. The Morgan fingerprint density at radius 3 is 3.15 bits per heavy atom. The zero-order valence-electron chi connectivity index (χ0n) is 7.45. The smallest absolute Gasteiger partial charge is 0.409 e. The standard InChI is InChI=1S/C8H13N3O2/c12-8-11(5-6-13-8)4-1-7-9-2-3-10-7/h1-6H2,(H,9,10). The highest BCUT2D eigenvalue weighted by molar-refractivity contribution is 5.84. The Kier molecular flexibility index (Phi) is 2.33. The second-order valence-electron chi connectivity index (χ2n) is 3.11. The summed E-state index contributed by atoms with van der Waals surface area (Å²) < 4.78 is 4.81. The van der Waals surface area contributed by atoms with Crippen molar-refractivity contribution in [2.24, 2.45) is 4.99 Å². The molecule has 0 aromatic rings. The lowest BCUT2D eigenvalue weighted by Crippen LogP contribution is -2.29. The van der Waals surface area contributed by atoms with E-state index < -0.39 is 0 Å². The minimum atomic E-state index is -0.196. The van der Waals surface area contributed by atoms with Gasteiger partial charge in [-0.15, -0.1) is 0 Å². The van der Waals surface area contributed by atoms with Crippen LogP contribution in [0.25, 0.3) is 0 Å². The van der Waals surface area contributed by atoms with Crippen LogP contribution in [0.5, 0.6) is 0 Å². The van der Waals surface area contributed by atoms with Crippen LogP contribution < -0.4 is 5.32 Å². The first-order chi connectivity index (χ1) is 6.36. The van der Waals surface area contributed by atoms with Gasteiger partial charge in [0.15, 0.2) is 0 Å². The van der Waals surface area contributed by atoms with Crippen molar-refractivity contribution in [3.8, 4) is 0 Å². The molecule has 0 bridgehead atoms. The molecule has 0 spiro atoms. The van der Waals surface area contributed by atoms with Crippen molar-refractivity contribution in [1.29, 1.82) is 0 Å². The normalized spacial score (nSPS) is 21.4. The van der Waals surface area contributed by atoms with E-state index in [1.807, 2.05) is 0 Å². The number of carbonyl (C=O) groups is 1. The van der Waals surface area contributed by atoms with Crippen LogP contribution in [0.15, 0.2) is 4.99 Å². The van der Waals surface area contributed by atoms with Gasteiger partial charge in [0.05, 0.1) is 18.9 Å². The number of cyclic esters (lactones) is 1. The molecule has 0 aromatic heterocycles. The Hall–Kier alpha value is -1.26. The fourth-order valence-electron chi connectivity index (χ4n) is 1.48. The van der Waals surface area contributed by atoms with E-state index in [4.69, 9.17) is 4.74 Å². The van der Waals surface area contributed by atoms with Crippen LogP contribution in [0.4, 0.5) is 4.79 Å². The molecule has 0 aromatic carbocycles. The van der Waals surface area contributed by atoms with Gasteiger partial charge in [-0.3, -0.25) is 4.99 Å². The van der Waals surface area contributed by atoms with Crippen LogP contribution in [0.1, 0.15) is 6.42 Å². The number of hydrogen-bond donors (Lipinski definition) is 1. The summed E-state index contributed by atoms with van der Waals surface area (Å²) in [6.45, 7) is 3.75. The zero-order chi connectivity index (χ0) is 9.10. The van der Waals surface area contributed by atoms with Gasteiger partial charge in [0.2, 0.25) is 0 Å². The Morgan fingerprint density at radius 1 is 1.62 bits per heavy atom. The van der Waals surface area contributed by atoms with Crippen LogP contribution >= 0.6 is 0 Å². The van der Waals surface area contributed by atoms with Crippen molar-refractivity contribution in [3.63, 3.8) is 0 Å². The third-order valence-electron chi connectivity index (χ3n) is 2.21. The summed E-state index contributed by atoms with van der Waals surface area (Å²) in [5.41, 5.74) is 0. The quantitative estimate of drug-likeness (QED) is 0.661. The van der Waals surface area contributed by atoms with Crippen molar-refractivity contribution in [2.45, 2.75) is 6.42 Å². The van der Waals surface area contributed by atoms with Gasteiger partial charge in [-0.25, -0.2) is 4.79 Å². The predicted octanol–water partition coefficient (Wildman–Crippen LogP) is -0.170. The average Bonchev–Trinajstić information content (AvgIpc) is 2.72. The van der Waals surface area contributed by atoms with E-state index in [2.05, 4.69) is 10.3 Å².